The summed E-state index contributed by atoms with van der Waals surface area (Å²) in [6, 6.07) is 9.08. The third-order valence-electron chi connectivity index (χ3n) is 2.44. The first-order valence-electron chi connectivity index (χ1n) is 5.61. The van der Waals surface area contributed by atoms with Crippen LogP contribution in [0, 0.1) is 11.3 Å². The van der Waals surface area contributed by atoms with E-state index in [0.717, 1.165) is 16.7 Å². The van der Waals surface area contributed by atoms with Crippen LogP contribution in [0.15, 0.2) is 29.4 Å². The number of rotatable bonds is 5. The van der Waals surface area contributed by atoms with Crippen LogP contribution >= 0.6 is 11.8 Å². The van der Waals surface area contributed by atoms with Gasteiger partial charge in [-0.3, -0.25) is 4.57 Å². The van der Waals surface area contributed by atoms with Gasteiger partial charge < -0.3 is 10.5 Å². The Morgan fingerprint density at radius 3 is 2.68 bits per heavy atom. The van der Waals surface area contributed by atoms with Gasteiger partial charge in [0.2, 0.25) is 5.95 Å². The fourth-order valence-corrected chi connectivity index (χ4v) is 2.10. The van der Waals surface area contributed by atoms with Crippen LogP contribution < -0.4 is 10.5 Å². The van der Waals surface area contributed by atoms with Crippen LogP contribution in [0.2, 0.25) is 0 Å². The first-order valence-corrected chi connectivity index (χ1v) is 6.60. The highest BCUT2D eigenvalue weighted by Gasteiger charge is 2.05. The largest absolute Gasteiger partial charge is 0.493 e. The average Bonchev–Trinajstić information content (AvgIpc) is 2.76. The summed E-state index contributed by atoms with van der Waals surface area (Å²) in [6.45, 7) is 0.545. The molecule has 0 aliphatic rings. The summed E-state index contributed by atoms with van der Waals surface area (Å²) in [5, 5.41) is 17.2. The molecule has 0 saturated carbocycles. The number of benzene rings is 1. The van der Waals surface area contributed by atoms with Crippen molar-refractivity contribution in [2.24, 2.45) is 7.05 Å². The summed E-state index contributed by atoms with van der Waals surface area (Å²) >= 11 is 1.53. The molecule has 0 radical (unpaired) electrons. The van der Waals surface area contributed by atoms with Gasteiger partial charge in [-0.05, 0) is 24.3 Å². The van der Waals surface area contributed by atoms with Crippen LogP contribution in [-0.2, 0) is 7.05 Å². The second-order valence-corrected chi connectivity index (χ2v) is 4.79. The number of nitrogen functional groups attached to an aromatic ring is 1. The van der Waals surface area contributed by atoms with Crippen molar-refractivity contribution in [3.8, 4) is 11.8 Å². The van der Waals surface area contributed by atoms with E-state index in [0.29, 0.717) is 18.1 Å². The van der Waals surface area contributed by atoms with Crippen LogP contribution in [0.1, 0.15) is 5.56 Å². The Hall–Kier alpha value is -2.20. The molecule has 98 valence electrons. The van der Waals surface area contributed by atoms with Crippen molar-refractivity contribution in [1.29, 1.82) is 5.26 Å². The maximum absolute atomic E-state index is 8.68. The Bertz CT molecular complexity index is 587. The van der Waals surface area contributed by atoms with Gasteiger partial charge in [0.05, 0.1) is 18.2 Å². The molecule has 0 unspecified atom stereocenters. The lowest BCUT2D eigenvalue weighted by molar-refractivity contribution is 0.344. The molecule has 19 heavy (non-hydrogen) atoms. The number of hydrogen-bond acceptors (Lipinski definition) is 6. The molecule has 0 atom stereocenters. The third-order valence-corrected chi connectivity index (χ3v) is 3.42. The second kappa shape index (κ2) is 6.11. The number of nitriles is 1. The predicted molar refractivity (Wildman–Crippen MR) is 72.8 cm³/mol. The molecule has 0 fully saturated rings. The fraction of sp³-hybridized carbons (Fsp3) is 0.250. The monoisotopic (exact) mass is 275 g/mol. The maximum atomic E-state index is 8.68. The molecule has 0 amide bonds. The summed E-state index contributed by atoms with van der Waals surface area (Å²) in [7, 11) is 1.82. The van der Waals surface area contributed by atoms with E-state index >= 15 is 0 Å². The van der Waals surface area contributed by atoms with Crippen LogP contribution in [0.3, 0.4) is 0 Å². The first kappa shape index (κ1) is 13.2. The van der Waals surface area contributed by atoms with Crippen molar-refractivity contribution in [3.63, 3.8) is 0 Å². The molecule has 1 aromatic heterocycles. The molecule has 2 aromatic rings. The Morgan fingerprint density at radius 1 is 1.37 bits per heavy atom. The Balaban J connectivity index is 1.77. The number of ether oxygens (including phenoxy) is 1. The summed E-state index contributed by atoms with van der Waals surface area (Å²) in [4.78, 5) is 0. The number of aromatic nitrogens is 3. The van der Waals surface area contributed by atoms with E-state index in [-0.39, 0.29) is 0 Å². The van der Waals surface area contributed by atoms with Gasteiger partial charge in [0, 0.05) is 12.8 Å². The molecule has 0 spiro atoms. The quantitative estimate of drug-likeness (QED) is 0.656. The highest BCUT2D eigenvalue weighted by Crippen LogP contribution is 2.17. The van der Waals surface area contributed by atoms with E-state index in [1.165, 1.54) is 11.8 Å². The van der Waals surface area contributed by atoms with Gasteiger partial charge in [0.25, 0.3) is 0 Å². The average molecular weight is 275 g/mol. The van der Waals surface area contributed by atoms with Crippen molar-refractivity contribution >= 4 is 17.7 Å². The topological polar surface area (TPSA) is 89.8 Å². The van der Waals surface area contributed by atoms with Gasteiger partial charge in [-0.2, -0.15) is 5.26 Å². The summed E-state index contributed by atoms with van der Waals surface area (Å²) in [5.74, 6) is 1.89. The zero-order valence-electron chi connectivity index (χ0n) is 10.4. The van der Waals surface area contributed by atoms with Gasteiger partial charge >= 0.3 is 0 Å². The van der Waals surface area contributed by atoms with E-state index in [1.54, 1.807) is 28.8 Å². The second-order valence-electron chi connectivity index (χ2n) is 3.73. The van der Waals surface area contributed by atoms with Gasteiger partial charge in [0.15, 0.2) is 5.16 Å². The normalized spacial score (nSPS) is 10.1. The van der Waals surface area contributed by atoms with Crippen molar-refractivity contribution < 1.29 is 4.74 Å². The van der Waals surface area contributed by atoms with Crippen LogP contribution in [0.4, 0.5) is 5.95 Å². The molecule has 0 saturated heterocycles. The SMILES string of the molecule is Cn1c(N)nnc1SCCOc1ccc(C#N)cc1. The van der Waals surface area contributed by atoms with Crippen molar-refractivity contribution in [2.45, 2.75) is 5.16 Å². The van der Waals surface area contributed by atoms with Crippen molar-refractivity contribution in [2.75, 3.05) is 18.1 Å². The van der Waals surface area contributed by atoms with E-state index in [4.69, 9.17) is 15.7 Å². The highest BCUT2D eigenvalue weighted by atomic mass is 32.2. The maximum Gasteiger partial charge on any atom is 0.222 e. The lowest BCUT2D eigenvalue weighted by Gasteiger charge is -2.05. The molecule has 2 rings (SSSR count). The molecule has 0 aliphatic heterocycles. The first-order chi connectivity index (χ1) is 9.20. The van der Waals surface area contributed by atoms with E-state index < -0.39 is 0 Å². The smallest absolute Gasteiger partial charge is 0.222 e. The minimum Gasteiger partial charge on any atom is -0.493 e. The Kier molecular flexibility index (Phi) is 4.26. The zero-order chi connectivity index (χ0) is 13.7. The van der Waals surface area contributed by atoms with Crippen molar-refractivity contribution in [3.05, 3.63) is 29.8 Å². The van der Waals surface area contributed by atoms with Crippen molar-refractivity contribution in [1.82, 2.24) is 14.8 Å². The number of anilines is 1. The van der Waals surface area contributed by atoms with Gasteiger partial charge in [-0.25, -0.2) is 0 Å². The Morgan fingerprint density at radius 2 is 2.11 bits per heavy atom. The molecule has 6 nitrogen and oxygen atoms in total. The van der Waals surface area contributed by atoms with Gasteiger partial charge in [-0.15, -0.1) is 10.2 Å². The molecule has 7 heteroatoms. The molecular formula is C12H13N5OS. The van der Waals surface area contributed by atoms with E-state index in [1.807, 2.05) is 7.05 Å². The summed E-state index contributed by atoms with van der Waals surface area (Å²) < 4.78 is 7.28. The standard InChI is InChI=1S/C12H13N5OS/c1-17-11(14)15-16-12(17)19-7-6-18-10-4-2-9(8-13)3-5-10/h2-5H,6-7H2,1H3,(H2,14,15). The third kappa shape index (κ3) is 3.39. The zero-order valence-corrected chi connectivity index (χ0v) is 11.2. The number of nitrogens with two attached hydrogens (primary N) is 1. The fourth-order valence-electron chi connectivity index (χ4n) is 1.37. The molecule has 0 bridgehead atoms. The number of thioether (sulfide) groups is 1. The van der Waals surface area contributed by atoms with Crippen LogP contribution in [-0.4, -0.2) is 27.1 Å². The minimum atomic E-state index is 0.399. The van der Waals surface area contributed by atoms with Crippen LogP contribution in [0.25, 0.3) is 0 Å². The van der Waals surface area contributed by atoms with Crippen LogP contribution in [0.5, 0.6) is 5.75 Å². The summed E-state index contributed by atoms with van der Waals surface area (Å²) in [6.07, 6.45) is 0. The lowest BCUT2D eigenvalue weighted by atomic mass is 10.2. The number of hydrogen-bond donors (Lipinski definition) is 1. The van der Waals surface area contributed by atoms with E-state index in [9.17, 15) is 0 Å². The lowest BCUT2D eigenvalue weighted by Crippen LogP contribution is -2.02. The highest BCUT2D eigenvalue weighted by molar-refractivity contribution is 7.99. The molecule has 1 heterocycles. The van der Waals surface area contributed by atoms with Gasteiger partial charge in [-0.1, -0.05) is 11.8 Å². The Labute approximate surface area is 115 Å². The number of nitrogens with zero attached hydrogens (tertiary/aromatic N) is 4. The summed E-state index contributed by atoms with van der Waals surface area (Å²) in [5.41, 5.74) is 6.20. The molecular weight excluding hydrogens is 262 g/mol. The van der Waals surface area contributed by atoms with E-state index in [2.05, 4.69) is 16.3 Å². The minimum absolute atomic E-state index is 0.399. The predicted octanol–water partition coefficient (Wildman–Crippen LogP) is 1.44. The molecule has 0 aliphatic carbocycles. The molecule has 1 aromatic carbocycles. The molecule has 2 N–H and O–H groups in total. The van der Waals surface area contributed by atoms with Gasteiger partial charge in [0.1, 0.15) is 5.75 Å².